The standard InChI is InChI=1S/C5H9NO4.C5H12O4.C4H6O2.2Na/c6-3(5(9)10)1-2-4(7)8;6-1-5(2-7,3-8)4-9;1-3-4(5)6-2;;/h3H,1-2,6H2,(H,7,8)(H,9,10);6-9H,1-4H2;3H,1H2,2H3;;/q;;;2*+1/p-2. The van der Waals surface area contributed by atoms with Gasteiger partial charge in [0.05, 0.1) is 44.9 Å². The topological polar surface area (TPSA) is 213 Å². The number of aliphatic hydroxyl groups excluding tert-OH is 4. The maximum atomic E-state index is 9.86. The minimum absolute atomic E-state index is 0. The summed E-state index contributed by atoms with van der Waals surface area (Å²) in [6, 6.07) is -1.21. The van der Waals surface area contributed by atoms with E-state index in [-0.39, 0.29) is 72.0 Å². The molecule has 0 amide bonds. The van der Waals surface area contributed by atoms with E-state index in [9.17, 15) is 24.6 Å². The van der Waals surface area contributed by atoms with Crippen molar-refractivity contribution >= 4 is 17.9 Å². The van der Waals surface area contributed by atoms with Crippen molar-refractivity contribution in [1.29, 1.82) is 0 Å². The maximum absolute atomic E-state index is 9.86. The van der Waals surface area contributed by atoms with Gasteiger partial charge < -0.3 is 50.7 Å². The molecule has 0 aliphatic heterocycles. The van der Waals surface area contributed by atoms with Crippen LogP contribution in [0.3, 0.4) is 0 Å². The zero-order valence-corrected chi connectivity index (χ0v) is 19.9. The Hall–Kier alpha value is -0.0500. The molecule has 13 heteroatoms. The minimum atomic E-state index is -1.44. The van der Waals surface area contributed by atoms with E-state index in [1.54, 1.807) is 0 Å². The number of hydrogen-bond acceptors (Lipinski definition) is 11. The molecular weight excluding hydrogens is 388 g/mol. The number of esters is 1. The predicted molar refractivity (Wildman–Crippen MR) is 80.2 cm³/mol. The Morgan fingerprint density at radius 1 is 1.07 bits per heavy atom. The number of carbonyl (C=O) groups excluding carboxylic acids is 3. The minimum Gasteiger partial charge on any atom is -0.550 e. The molecule has 1 atom stereocenters. The molecule has 0 aromatic rings. The summed E-state index contributed by atoms with van der Waals surface area (Å²) in [6.07, 6.45) is 0.611. The summed E-state index contributed by atoms with van der Waals surface area (Å²) in [6.45, 7) is 1.53. The van der Waals surface area contributed by atoms with Gasteiger partial charge in [-0.15, -0.1) is 0 Å². The number of carboxylic acid groups (broad SMARTS) is 2. The third-order valence-corrected chi connectivity index (χ3v) is 2.67. The first-order valence-corrected chi connectivity index (χ1v) is 6.89. The van der Waals surface area contributed by atoms with Gasteiger partial charge in [0.25, 0.3) is 0 Å². The van der Waals surface area contributed by atoms with Gasteiger partial charge in [0.1, 0.15) is 0 Å². The second-order valence-electron chi connectivity index (χ2n) is 4.70. The molecular formula is C14H25NNa2O10. The van der Waals surface area contributed by atoms with Gasteiger partial charge in [-0.05, 0) is 12.8 Å². The normalized spacial score (nSPS) is 10.1. The quantitative estimate of drug-likeness (QED) is 0.136. The summed E-state index contributed by atoms with van der Waals surface area (Å²) in [4.78, 5) is 29.4. The number of aliphatic hydroxyl groups is 4. The maximum Gasteiger partial charge on any atom is 1.00 e. The van der Waals surface area contributed by atoms with Gasteiger partial charge in [-0.25, -0.2) is 4.79 Å². The molecule has 0 saturated carbocycles. The first-order chi connectivity index (χ1) is 11.6. The fourth-order valence-corrected chi connectivity index (χ4v) is 0.775. The Balaban J connectivity index is -0.0000000889. The van der Waals surface area contributed by atoms with E-state index in [1.807, 2.05) is 0 Å². The number of ether oxygens (including phenoxy) is 1. The van der Waals surface area contributed by atoms with Gasteiger partial charge in [-0.1, -0.05) is 6.58 Å². The third kappa shape index (κ3) is 23.9. The second kappa shape index (κ2) is 24.0. The van der Waals surface area contributed by atoms with Crippen LogP contribution >= 0.6 is 0 Å². The summed E-state index contributed by atoms with van der Waals surface area (Å²) in [5.74, 6) is -3.15. The van der Waals surface area contributed by atoms with Gasteiger partial charge >= 0.3 is 65.1 Å². The second-order valence-corrected chi connectivity index (χ2v) is 4.70. The third-order valence-electron chi connectivity index (χ3n) is 2.67. The molecule has 0 fully saturated rings. The molecule has 0 rings (SSSR count). The van der Waals surface area contributed by atoms with Crippen LogP contribution in [0, 0.1) is 5.41 Å². The van der Waals surface area contributed by atoms with Gasteiger partial charge in [0, 0.05) is 18.1 Å². The smallest absolute Gasteiger partial charge is 0.550 e. The van der Waals surface area contributed by atoms with E-state index in [0.29, 0.717) is 0 Å². The number of nitrogens with two attached hydrogens (primary N) is 1. The van der Waals surface area contributed by atoms with Crippen molar-refractivity contribution in [2.45, 2.75) is 18.9 Å². The zero-order chi connectivity index (χ0) is 20.5. The Bertz CT molecular complexity index is 388. The molecule has 0 radical (unpaired) electrons. The van der Waals surface area contributed by atoms with Gasteiger partial charge in [0.2, 0.25) is 0 Å². The fraction of sp³-hybridized carbons (Fsp3) is 0.643. The molecule has 148 valence electrons. The molecule has 0 aromatic carbocycles. The Labute approximate surface area is 201 Å². The van der Waals surface area contributed by atoms with E-state index >= 15 is 0 Å². The Morgan fingerprint density at radius 3 is 1.56 bits per heavy atom. The monoisotopic (exact) mass is 413 g/mol. The molecule has 0 saturated heterocycles. The van der Waals surface area contributed by atoms with Crippen molar-refractivity contribution < 1.29 is 109 Å². The molecule has 0 spiro atoms. The van der Waals surface area contributed by atoms with E-state index in [1.165, 1.54) is 7.11 Å². The van der Waals surface area contributed by atoms with Crippen molar-refractivity contribution in [1.82, 2.24) is 0 Å². The van der Waals surface area contributed by atoms with Crippen LogP contribution in [0.5, 0.6) is 0 Å². The number of rotatable bonds is 9. The Morgan fingerprint density at radius 2 is 1.44 bits per heavy atom. The van der Waals surface area contributed by atoms with Crippen LogP contribution in [-0.4, -0.2) is 77.9 Å². The average molecular weight is 413 g/mol. The Kier molecular flexibility index (Phi) is 33.5. The molecule has 11 nitrogen and oxygen atoms in total. The van der Waals surface area contributed by atoms with Crippen LogP contribution in [0.2, 0.25) is 0 Å². The van der Waals surface area contributed by atoms with Crippen LogP contribution in [0.15, 0.2) is 12.7 Å². The molecule has 6 N–H and O–H groups in total. The summed E-state index contributed by atoms with van der Waals surface area (Å²) in [5, 5.41) is 53.6. The van der Waals surface area contributed by atoms with Crippen molar-refractivity contribution in [3.63, 3.8) is 0 Å². The van der Waals surface area contributed by atoms with Crippen molar-refractivity contribution in [3.8, 4) is 0 Å². The average Bonchev–Trinajstić information content (AvgIpc) is 2.62. The summed E-state index contributed by atoms with van der Waals surface area (Å²) < 4.78 is 4.14. The molecule has 0 aromatic heterocycles. The predicted octanol–water partition coefficient (Wildman–Crippen LogP) is -11.1. The number of carbonyl (C=O) groups is 3. The van der Waals surface area contributed by atoms with Gasteiger partial charge in [-0.2, -0.15) is 0 Å². The summed E-state index contributed by atoms with van der Waals surface area (Å²) in [5.41, 5.74) is 3.80. The molecule has 0 heterocycles. The van der Waals surface area contributed by atoms with Crippen LogP contribution in [0.1, 0.15) is 12.8 Å². The van der Waals surface area contributed by atoms with E-state index in [4.69, 9.17) is 26.2 Å². The first-order valence-electron chi connectivity index (χ1n) is 6.89. The number of carboxylic acids is 2. The van der Waals surface area contributed by atoms with Crippen molar-refractivity contribution in [3.05, 3.63) is 12.7 Å². The number of methoxy groups -OCH3 is 1. The first kappa shape index (κ1) is 37.7. The molecule has 0 bridgehead atoms. The van der Waals surface area contributed by atoms with Crippen LogP contribution in [0.4, 0.5) is 0 Å². The fourth-order valence-electron chi connectivity index (χ4n) is 0.775. The van der Waals surface area contributed by atoms with Gasteiger partial charge in [-0.3, -0.25) is 0 Å². The molecule has 1 unspecified atom stereocenters. The molecule has 0 aliphatic rings. The zero-order valence-electron chi connectivity index (χ0n) is 15.9. The van der Waals surface area contributed by atoms with E-state index in [2.05, 4.69) is 11.3 Å². The van der Waals surface area contributed by atoms with E-state index in [0.717, 1.165) is 6.08 Å². The van der Waals surface area contributed by atoms with Crippen molar-refractivity contribution in [2.75, 3.05) is 33.5 Å². The van der Waals surface area contributed by atoms with Gasteiger partial charge in [0.15, 0.2) is 0 Å². The SMILES string of the molecule is C=CC(=O)OC.NC(CCC(=O)[O-])C(=O)[O-].OCC(CO)(CO)CO.[Na+].[Na+]. The summed E-state index contributed by atoms with van der Waals surface area (Å²) in [7, 11) is 1.31. The van der Waals surface area contributed by atoms with Crippen molar-refractivity contribution in [2.24, 2.45) is 11.1 Å². The number of hydrogen-bond donors (Lipinski definition) is 5. The largest absolute Gasteiger partial charge is 1.00 e. The summed E-state index contributed by atoms with van der Waals surface area (Å²) >= 11 is 0. The van der Waals surface area contributed by atoms with E-state index < -0.39 is 55.8 Å². The molecule has 0 aliphatic carbocycles. The van der Waals surface area contributed by atoms with Crippen LogP contribution in [-0.2, 0) is 19.1 Å². The molecule has 27 heavy (non-hydrogen) atoms. The number of aliphatic carboxylic acids is 2. The van der Waals surface area contributed by atoms with Crippen LogP contribution < -0.4 is 75.1 Å². The van der Waals surface area contributed by atoms with Crippen LogP contribution in [0.25, 0.3) is 0 Å².